The summed E-state index contributed by atoms with van der Waals surface area (Å²) in [6.07, 6.45) is 1.67. The van der Waals surface area contributed by atoms with Crippen molar-refractivity contribution >= 4 is 17.7 Å². The lowest BCUT2D eigenvalue weighted by atomic mass is 10.0. The maximum Gasteiger partial charge on any atom is 0.355 e. The zero-order valence-corrected chi connectivity index (χ0v) is 17.1. The molecule has 154 valence electrons. The second-order valence-corrected chi connectivity index (χ2v) is 7.31. The molecule has 29 heavy (non-hydrogen) atoms. The molecule has 0 spiro atoms. The number of hydrogen-bond donors (Lipinski definition) is 0. The Balaban J connectivity index is 1.88. The van der Waals surface area contributed by atoms with E-state index in [2.05, 4.69) is 0 Å². The third-order valence-electron chi connectivity index (χ3n) is 5.33. The van der Waals surface area contributed by atoms with Crippen molar-refractivity contribution in [3.8, 4) is 0 Å². The average Bonchev–Trinajstić information content (AvgIpc) is 3.48. The van der Waals surface area contributed by atoms with E-state index in [4.69, 9.17) is 4.74 Å². The van der Waals surface area contributed by atoms with Gasteiger partial charge in [0, 0.05) is 29.9 Å². The van der Waals surface area contributed by atoms with E-state index in [-0.39, 0.29) is 30.9 Å². The molecule has 1 amide bonds. The number of nitrogens with zero attached hydrogens (tertiary/aromatic N) is 2. The van der Waals surface area contributed by atoms with Crippen LogP contribution in [-0.4, -0.2) is 46.3 Å². The van der Waals surface area contributed by atoms with E-state index in [0.717, 1.165) is 12.8 Å². The van der Waals surface area contributed by atoms with Gasteiger partial charge >= 0.3 is 5.97 Å². The van der Waals surface area contributed by atoms with Crippen LogP contribution in [0.4, 0.5) is 4.39 Å². The van der Waals surface area contributed by atoms with Gasteiger partial charge in [-0.1, -0.05) is 0 Å². The lowest BCUT2D eigenvalue weighted by molar-refractivity contribution is 0.0514. The van der Waals surface area contributed by atoms with Crippen molar-refractivity contribution in [2.75, 3.05) is 13.2 Å². The number of hydrogen-bond acceptors (Lipinski definition) is 4. The molecule has 7 heteroatoms. The highest BCUT2D eigenvalue weighted by Gasteiger charge is 2.36. The van der Waals surface area contributed by atoms with Crippen LogP contribution in [0, 0.1) is 19.7 Å². The molecular formula is C22H25FN2O4. The van der Waals surface area contributed by atoms with E-state index in [9.17, 15) is 18.8 Å². The van der Waals surface area contributed by atoms with E-state index >= 15 is 0 Å². The van der Waals surface area contributed by atoms with Gasteiger partial charge in [-0.2, -0.15) is 0 Å². The number of aromatic nitrogens is 1. The van der Waals surface area contributed by atoms with Crippen molar-refractivity contribution in [2.45, 2.75) is 39.7 Å². The van der Waals surface area contributed by atoms with Crippen molar-refractivity contribution in [1.29, 1.82) is 0 Å². The summed E-state index contributed by atoms with van der Waals surface area (Å²) >= 11 is 0. The molecular weight excluding hydrogens is 375 g/mol. The summed E-state index contributed by atoms with van der Waals surface area (Å²) in [4.78, 5) is 39.9. The zero-order valence-electron chi connectivity index (χ0n) is 17.1. The molecule has 1 aliphatic carbocycles. The first-order valence-electron chi connectivity index (χ1n) is 9.69. The maximum absolute atomic E-state index is 13.2. The number of benzene rings is 1. The Labute approximate surface area is 169 Å². The number of Topliss-reactive ketones (excluding diaryl/α,β-unsaturated/α-hetero) is 1. The number of ketones is 1. The number of esters is 1. The molecule has 1 saturated carbocycles. The Bertz CT molecular complexity index is 958. The second-order valence-electron chi connectivity index (χ2n) is 7.31. The van der Waals surface area contributed by atoms with E-state index in [0.29, 0.717) is 28.1 Å². The number of halogens is 1. The van der Waals surface area contributed by atoms with Crippen LogP contribution in [0.2, 0.25) is 0 Å². The monoisotopic (exact) mass is 400 g/mol. The number of ether oxygens (including phenoxy) is 1. The number of carbonyl (C=O) groups excluding carboxylic acids is 3. The van der Waals surface area contributed by atoms with Crippen LogP contribution in [0.3, 0.4) is 0 Å². The summed E-state index contributed by atoms with van der Waals surface area (Å²) in [6.45, 7) is 5.37. The summed E-state index contributed by atoms with van der Waals surface area (Å²) in [7, 11) is 1.72. The molecule has 0 aliphatic heterocycles. The second kappa shape index (κ2) is 8.19. The SMILES string of the molecule is CCOC(=O)c1c(C)c(C(=O)CN(C(=O)c2ccc(F)cc2)C2CC2)c(C)n1C. The predicted octanol–water partition coefficient (Wildman–Crippen LogP) is 3.45. The Morgan fingerprint density at radius 2 is 1.79 bits per heavy atom. The summed E-state index contributed by atoms with van der Waals surface area (Å²) in [6, 6.07) is 5.32. The summed E-state index contributed by atoms with van der Waals surface area (Å²) in [5.74, 6) is -1.42. The van der Waals surface area contributed by atoms with Crippen LogP contribution in [0.5, 0.6) is 0 Å². The first-order chi connectivity index (χ1) is 13.8. The third kappa shape index (κ3) is 4.09. The van der Waals surface area contributed by atoms with Crippen LogP contribution in [-0.2, 0) is 11.8 Å². The fourth-order valence-electron chi connectivity index (χ4n) is 3.62. The van der Waals surface area contributed by atoms with E-state index in [1.165, 1.54) is 24.3 Å². The van der Waals surface area contributed by atoms with Gasteiger partial charge < -0.3 is 14.2 Å². The first kappa shape index (κ1) is 20.8. The number of carbonyl (C=O) groups is 3. The normalized spacial score (nSPS) is 13.3. The minimum absolute atomic E-state index is 0.00496. The fraction of sp³-hybridized carbons (Fsp3) is 0.409. The van der Waals surface area contributed by atoms with Crippen LogP contribution in [0.1, 0.15) is 62.2 Å². The summed E-state index contributed by atoms with van der Waals surface area (Å²) < 4.78 is 19.9. The molecule has 0 unspecified atom stereocenters. The smallest absolute Gasteiger partial charge is 0.355 e. The highest BCUT2D eigenvalue weighted by atomic mass is 19.1. The number of amides is 1. The van der Waals surface area contributed by atoms with Gasteiger partial charge in [-0.25, -0.2) is 9.18 Å². The molecule has 0 bridgehead atoms. The van der Waals surface area contributed by atoms with Gasteiger partial charge in [0.1, 0.15) is 11.5 Å². The molecule has 1 fully saturated rings. The molecule has 6 nitrogen and oxygen atoms in total. The lowest BCUT2D eigenvalue weighted by Crippen LogP contribution is -2.37. The van der Waals surface area contributed by atoms with Gasteiger partial charge in [0.05, 0.1) is 13.2 Å². The quantitative estimate of drug-likeness (QED) is 0.527. The Morgan fingerprint density at radius 3 is 2.34 bits per heavy atom. The van der Waals surface area contributed by atoms with Crippen LogP contribution in [0.25, 0.3) is 0 Å². The Kier molecular flexibility index (Phi) is 5.86. The van der Waals surface area contributed by atoms with Crippen molar-refractivity contribution in [3.05, 3.63) is 58.2 Å². The zero-order chi connectivity index (χ0) is 21.3. The lowest BCUT2D eigenvalue weighted by Gasteiger charge is -2.22. The van der Waals surface area contributed by atoms with E-state index in [1.807, 2.05) is 0 Å². The van der Waals surface area contributed by atoms with E-state index < -0.39 is 11.8 Å². The van der Waals surface area contributed by atoms with Crippen molar-refractivity contribution in [1.82, 2.24) is 9.47 Å². The predicted molar refractivity (Wildman–Crippen MR) is 106 cm³/mol. The first-order valence-corrected chi connectivity index (χ1v) is 9.69. The minimum atomic E-state index is -0.476. The topological polar surface area (TPSA) is 68.6 Å². The molecule has 0 saturated heterocycles. The fourth-order valence-corrected chi connectivity index (χ4v) is 3.62. The molecule has 0 atom stereocenters. The summed E-state index contributed by atoms with van der Waals surface area (Å²) in [5, 5.41) is 0. The minimum Gasteiger partial charge on any atom is -0.461 e. The summed E-state index contributed by atoms with van der Waals surface area (Å²) in [5.41, 5.74) is 2.34. The van der Waals surface area contributed by atoms with E-state index in [1.54, 1.807) is 37.3 Å². The van der Waals surface area contributed by atoms with Crippen LogP contribution < -0.4 is 0 Å². The van der Waals surface area contributed by atoms with Crippen LogP contribution in [0.15, 0.2) is 24.3 Å². The van der Waals surface area contributed by atoms with Crippen LogP contribution >= 0.6 is 0 Å². The van der Waals surface area contributed by atoms with Gasteiger partial charge in [0.15, 0.2) is 5.78 Å². The van der Waals surface area contributed by atoms with Gasteiger partial charge in [0.2, 0.25) is 0 Å². The molecule has 0 radical (unpaired) electrons. The van der Waals surface area contributed by atoms with Crippen molar-refractivity contribution in [2.24, 2.45) is 7.05 Å². The third-order valence-corrected chi connectivity index (χ3v) is 5.33. The highest BCUT2D eigenvalue weighted by Crippen LogP contribution is 2.30. The number of rotatable bonds is 7. The van der Waals surface area contributed by atoms with Crippen molar-refractivity contribution in [3.63, 3.8) is 0 Å². The Morgan fingerprint density at radius 1 is 1.17 bits per heavy atom. The Hall–Kier alpha value is -2.96. The largest absolute Gasteiger partial charge is 0.461 e. The molecule has 0 N–H and O–H groups in total. The molecule has 3 rings (SSSR count). The highest BCUT2D eigenvalue weighted by molar-refractivity contribution is 6.06. The van der Waals surface area contributed by atoms with Crippen molar-refractivity contribution < 1.29 is 23.5 Å². The van der Waals surface area contributed by atoms with Gasteiger partial charge in [-0.3, -0.25) is 9.59 Å². The maximum atomic E-state index is 13.2. The standard InChI is InChI=1S/C22H25FN2O4/c1-5-29-22(28)20-13(2)19(14(3)24(20)4)18(26)12-25(17-10-11-17)21(27)15-6-8-16(23)9-7-15/h6-9,17H,5,10-12H2,1-4H3. The molecule has 2 aromatic rings. The average molecular weight is 400 g/mol. The molecule has 1 aliphatic rings. The van der Waals surface area contributed by atoms with Gasteiger partial charge in [-0.05, 0) is 63.4 Å². The molecule has 1 heterocycles. The van der Waals surface area contributed by atoms with Gasteiger partial charge in [-0.15, -0.1) is 0 Å². The van der Waals surface area contributed by atoms with Gasteiger partial charge in [0.25, 0.3) is 5.91 Å². The molecule has 1 aromatic heterocycles. The molecule has 1 aromatic carbocycles.